The van der Waals surface area contributed by atoms with Crippen LogP contribution in [0.3, 0.4) is 0 Å². The third-order valence-electron chi connectivity index (χ3n) is 4.29. The van der Waals surface area contributed by atoms with Crippen molar-refractivity contribution >= 4 is 23.0 Å². The van der Waals surface area contributed by atoms with Gasteiger partial charge in [0.15, 0.2) is 0 Å². The molecular weight excluding hydrogens is 295 g/mol. The van der Waals surface area contributed by atoms with Gasteiger partial charge < -0.3 is 16.0 Å². The number of para-hydroxylation sites is 1. The average Bonchev–Trinajstić information content (AvgIpc) is 2.94. The molecule has 1 aromatic carbocycles. The van der Waals surface area contributed by atoms with Crippen molar-refractivity contribution in [3.05, 3.63) is 36.2 Å². The first-order valence-electron chi connectivity index (χ1n) is 8.78. The van der Waals surface area contributed by atoms with Gasteiger partial charge in [0.25, 0.3) is 5.91 Å². The number of carbonyl (C=O) groups excluding carboxylic acids is 1. The Balaban J connectivity index is 1.78. The first kappa shape index (κ1) is 13.2. The molecule has 0 saturated carbocycles. The fourth-order valence-corrected chi connectivity index (χ4v) is 2.93. The normalized spacial score (nSPS) is 20.3. The fraction of sp³-hybridized carbons (Fsp3) is 0.412. The Morgan fingerprint density at radius 1 is 1.57 bits per heavy atom. The number of nitrogens with two attached hydrogens (primary N) is 1. The summed E-state index contributed by atoms with van der Waals surface area (Å²) >= 11 is 0. The first-order valence-corrected chi connectivity index (χ1v) is 7.78. The minimum atomic E-state index is -0.504. The van der Waals surface area contributed by atoms with E-state index in [1.165, 1.54) is 6.07 Å². The quantitative estimate of drug-likeness (QED) is 0.894. The third kappa shape index (κ3) is 3.42. The second kappa shape index (κ2) is 6.91. The van der Waals surface area contributed by atoms with E-state index in [2.05, 4.69) is 10.3 Å². The zero-order valence-electron chi connectivity index (χ0n) is 14.8. The summed E-state index contributed by atoms with van der Waals surface area (Å²) in [7, 11) is 0. The van der Waals surface area contributed by atoms with E-state index in [0.29, 0.717) is 36.9 Å². The number of halogens is 1. The van der Waals surface area contributed by atoms with Gasteiger partial charge in [-0.3, -0.25) is 9.79 Å². The number of rotatable bonds is 4. The SMILES string of the molecule is [2H]C1=C([3H])N=C(C(=O)Nc2cccc(F)c2N2CCC(CN)CC2)C1. The van der Waals surface area contributed by atoms with Crippen LogP contribution >= 0.6 is 0 Å². The predicted octanol–water partition coefficient (Wildman–Crippen LogP) is 2.30. The van der Waals surface area contributed by atoms with Crippen LogP contribution in [0.5, 0.6) is 0 Å². The molecule has 0 atom stereocenters. The minimum Gasteiger partial charge on any atom is -0.367 e. The van der Waals surface area contributed by atoms with Crippen LogP contribution < -0.4 is 16.0 Å². The molecule has 0 radical (unpaired) electrons. The lowest BCUT2D eigenvalue weighted by molar-refractivity contribution is -0.110. The second-order valence-electron chi connectivity index (χ2n) is 5.78. The molecule has 1 amide bonds. The summed E-state index contributed by atoms with van der Waals surface area (Å²) in [5.41, 5.74) is 6.56. The van der Waals surface area contributed by atoms with Gasteiger partial charge in [-0.1, -0.05) is 12.1 Å². The zero-order valence-corrected chi connectivity index (χ0v) is 12.8. The van der Waals surface area contributed by atoms with Gasteiger partial charge in [0.1, 0.15) is 11.5 Å². The van der Waals surface area contributed by atoms with Crippen LogP contribution in [-0.2, 0) is 4.79 Å². The van der Waals surface area contributed by atoms with Crippen molar-refractivity contribution in [2.75, 3.05) is 29.9 Å². The zero-order chi connectivity index (χ0) is 18.0. The fourth-order valence-electron chi connectivity index (χ4n) is 2.93. The van der Waals surface area contributed by atoms with Crippen LogP contribution in [0.25, 0.3) is 0 Å². The van der Waals surface area contributed by atoms with Crippen molar-refractivity contribution in [1.82, 2.24) is 0 Å². The van der Waals surface area contributed by atoms with Gasteiger partial charge in [-0.05, 0) is 37.4 Å². The summed E-state index contributed by atoms with van der Waals surface area (Å²) in [6.45, 7) is 2.00. The number of benzene rings is 1. The summed E-state index contributed by atoms with van der Waals surface area (Å²) in [5, 5.41) is 2.69. The van der Waals surface area contributed by atoms with Crippen molar-refractivity contribution < 1.29 is 11.9 Å². The number of anilines is 2. The smallest absolute Gasteiger partial charge is 0.270 e. The van der Waals surface area contributed by atoms with Gasteiger partial charge in [0.2, 0.25) is 0 Å². The maximum absolute atomic E-state index is 14.4. The molecule has 2 heterocycles. The van der Waals surface area contributed by atoms with E-state index in [1.54, 1.807) is 12.1 Å². The van der Waals surface area contributed by atoms with Gasteiger partial charge in [-0.25, -0.2) is 4.39 Å². The molecule has 3 N–H and O–H groups in total. The second-order valence-corrected chi connectivity index (χ2v) is 5.78. The highest BCUT2D eigenvalue weighted by Crippen LogP contribution is 2.32. The Bertz CT molecular complexity index is 742. The maximum Gasteiger partial charge on any atom is 0.270 e. The Kier molecular flexibility index (Phi) is 3.98. The monoisotopic (exact) mass is 319 g/mol. The minimum absolute atomic E-state index is 0.00784. The van der Waals surface area contributed by atoms with Crippen LogP contribution in [-0.4, -0.2) is 31.3 Å². The van der Waals surface area contributed by atoms with Gasteiger partial charge >= 0.3 is 0 Å². The molecule has 1 aromatic rings. The van der Waals surface area contributed by atoms with Gasteiger partial charge in [0, 0.05) is 25.7 Å². The molecule has 0 bridgehead atoms. The summed E-state index contributed by atoms with van der Waals surface area (Å²) in [5.74, 6) is -0.445. The molecule has 23 heavy (non-hydrogen) atoms. The van der Waals surface area contributed by atoms with Crippen molar-refractivity contribution in [3.63, 3.8) is 0 Å². The van der Waals surface area contributed by atoms with E-state index in [1.807, 2.05) is 4.90 Å². The molecule has 3 rings (SSSR count). The van der Waals surface area contributed by atoms with E-state index in [-0.39, 0.29) is 24.4 Å². The molecule has 2 aliphatic rings. The molecule has 0 aromatic heterocycles. The van der Waals surface area contributed by atoms with Crippen LogP contribution in [0.15, 0.2) is 35.4 Å². The van der Waals surface area contributed by atoms with Crippen LogP contribution in [0.4, 0.5) is 15.8 Å². The molecule has 122 valence electrons. The van der Waals surface area contributed by atoms with E-state index >= 15 is 0 Å². The van der Waals surface area contributed by atoms with E-state index < -0.39 is 11.7 Å². The molecule has 6 heteroatoms. The lowest BCUT2D eigenvalue weighted by Gasteiger charge is -2.34. The van der Waals surface area contributed by atoms with Gasteiger partial charge in [0.05, 0.1) is 14.1 Å². The van der Waals surface area contributed by atoms with Crippen LogP contribution in [0, 0.1) is 11.7 Å². The highest BCUT2D eigenvalue weighted by atomic mass is 19.1. The number of carbonyl (C=O) groups is 1. The molecule has 1 saturated heterocycles. The Morgan fingerprint density at radius 3 is 3.00 bits per heavy atom. The topological polar surface area (TPSA) is 70.7 Å². The van der Waals surface area contributed by atoms with E-state index in [9.17, 15) is 9.18 Å². The molecular formula is C17H21FN4O. The highest BCUT2D eigenvalue weighted by molar-refractivity contribution is 6.44. The summed E-state index contributed by atoms with van der Waals surface area (Å²) < 4.78 is 29.4. The van der Waals surface area contributed by atoms with E-state index in [4.69, 9.17) is 8.48 Å². The average molecular weight is 319 g/mol. The predicted molar refractivity (Wildman–Crippen MR) is 90.2 cm³/mol. The highest BCUT2D eigenvalue weighted by Gasteiger charge is 2.24. The molecule has 0 aliphatic carbocycles. The Morgan fingerprint density at radius 2 is 2.35 bits per heavy atom. The Labute approximate surface area is 137 Å². The number of nitrogens with one attached hydrogen (secondary N) is 1. The van der Waals surface area contributed by atoms with Gasteiger partial charge in [-0.15, -0.1) is 0 Å². The van der Waals surface area contributed by atoms with Crippen LogP contribution in [0.1, 0.15) is 22.0 Å². The van der Waals surface area contributed by atoms with Crippen molar-refractivity contribution in [3.8, 4) is 0 Å². The molecule has 5 nitrogen and oxygen atoms in total. The first-order chi connectivity index (χ1) is 12.0. The van der Waals surface area contributed by atoms with E-state index in [0.717, 1.165) is 12.8 Å². The molecule has 2 aliphatic heterocycles. The lowest BCUT2D eigenvalue weighted by Crippen LogP contribution is -2.37. The van der Waals surface area contributed by atoms with Gasteiger partial charge in [-0.2, -0.15) is 0 Å². The van der Waals surface area contributed by atoms with Crippen molar-refractivity contribution in [1.29, 1.82) is 0 Å². The molecule has 0 unspecified atom stereocenters. The standard InChI is InChI=1S/C17H21FN4O/c18-13-3-1-4-14(21-17(23)15-5-2-8-20-15)16(13)22-9-6-12(11-19)7-10-22/h1-4,8,12H,5-7,9-11,19H2,(H,21,23)/i2D,8T. The number of hydrogen-bond donors (Lipinski definition) is 2. The number of amides is 1. The summed E-state index contributed by atoms with van der Waals surface area (Å²) in [4.78, 5) is 18.1. The number of piperidine rings is 1. The van der Waals surface area contributed by atoms with Crippen molar-refractivity contribution in [2.24, 2.45) is 16.6 Å². The third-order valence-corrected chi connectivity index (χ3v) is 4.29. The van der Waals surface area contributed by atoms with Crippen LogP contribution in [0.2, 0.25) is 0 Å². The number of hydrogen-bond acceptors (Lipinski definition) is 4. The summed E-state index contributed by atoms with van der Waals surface area (Å²) in [6.07, 6.45) is 1.60. The number of aliphatic imine (C=N–C) groups is 1. The number of nitrogens with zero attached hydrogens (tertiary/aromatic N) is 2. The van der Waals surface area contributed by atoms with Crippen molar-refractivity contribution in [2.45, 2.75) is 19.3 Å². The molecule has 0 spiro atoms. The summed E-state index contributed by atoms with van der Waals surface area (Å²) in [6, 6.07) is 4.57. The maximum atomic E-state index is 14.4. The Hall–Kier alpha value is -2.21. The molecule has 1 fully saturated rings. The number of allylic oxidation sites excluding steroid dienone is 1. The largest absolute Gasteiger partial charge is 0.367 e. The lowest BCUT2D eigenvalue weighted by atomic mass is 9.96.